The van der Waals surface area contributed by atoms with E-state index in [4.69, 9.17) is 21.1 Å². The summed E-state index contributed by atoms with van der Waals surface area (Å²) in [5, 5.41) is 2.33. The monoisotopic (exact) mass is 363 g/mol. The number of carbonyl (C=O) groups excluding carboxylic acids is 2. The Kier molecular flexibility index (Phi) is 6.54. The highest BCUT2D eigenvalue weighted by Gasteiger charge is 2.07. The van der Waals surface area contributed by atoms with Crippen LogP contribution in [0.4, 0.5) is 10.1 Å². The molecule has 0 bridgehead atoms. The fourth-order valence-corrected chi connectivity index (χ4v) is 2.05. The average molecular weight is 364 g/mol. The third-order valence-electron chi connectivity index (χ3n) is 3.05. The highest BCUT2D eigenvalue weighted by atomic mass is 35.5. The average Bonchev–Trinajstić information content (AvgIpc) is 2.61. The first-order chi connectivity index (χ1) is 12.0. The van der Waals surface area contributed by atoms with Crippen LogP contribution in [-0.4, -0.2) is 25.6 Å². The van der Waals surface area contributed by atoms with Gasteiger partial charge < -0.3 is 14.8 Å². The quantitative estimate of drug-likeness (QED) is 0.628. The SMILES string of the molecule is COc1cccc(/C=C/C(=O)OCC(=O)Nc2ccc(F)c(Cl)c2)c1. The van der Waals surface area contributed by atoms with Gasteiger partial charge >= 0.3 is 5.97 Å². The van der Waals surface area contributed by atoms with E-state index in [-0.39, 0.29) is 5.02 Å². The smallest absolute Gasteiger partial charge is 0.331 e. The van der Waals surface area contributed by atoms with Gasteiger partial charge in [0.2, 0.25) is 0 Å². The van der Waals surface area contributed by atoms with Gasteiger partial charge in [0.25, 0.3) is 5.91 Å². The zero-order valence-corrected chi connectivity index (χ0v) is 14.0. The van der Waals surface area contributed by atoms with Crippen LogP contribution < -0.4 is 10.1 Å². The molecule has 0 saturated heterocycles. The Labute approximate surface area is 149 Å². The minimum absolute atomic E-state index is 0.115. The molecular weight excluding hydrogens is 349 g/mol. The molecule has 1 amide bonds. The molecule has 0 spiro atoms. The molecule has 0 saturated carbocycles. The number of hydrogen-bond acceptors (Lipinski definition) is 4. The minimum atomic E-state index is -0.671. The van der Waals surface area contributed by atoms with E-state index in [1.165, 1.54) is 18.2 Å². The van der Waals surface area contributed by atoms with Crippen LogP contribution in [0.3, 0.4) is 0 Å². The molecule has 2 aromatic rings. The molecule has 5 nitrogen and oxygen atoms in total. The first-order valence-corrected chi connectivity index (χ1v) is 7.59. The third kappa shape index (κ3) is 5.93. The van der Waals surface area contributed by atoms with Crippen LogP contribution in [0.2, 0.25) is 5.02 Å². The summed E-state index contributed by atoms with van der Waals surface area (Å²) in [5.74, 6) is -1.16. The van der Waals surface area contributed by atoms with Crippen molar-refractivity contribution < 1.29 is 23.5 Å². The Balaban J connectivity index is 1.83. The summed E-state index contributed by atoms with van der Waals surface area (Å²) in [4.78, 5) is 23.3. The molecule has 0 atom stereocenters. The number of amides is 1. The standard InChI is InChI=1S/C18H15ClFNO4/c1-24-14-4-2-3-12(9-14)5-8-18(23)25-11-17(22)21-13-6-7-16(20)15(19)10-13/h2-10H,11H2,1H3,(H,21,22)/b8-5+. The van der Waals surface area contributed by atoms with Crippen LogP contribution >= 0.6 is 11.6 Å². The van der Waals surface area contributed by atoms with Gasteiger partial charge in [-0.3, -0.25) is 4.79 Å². The zero-order chi connectivity index (χ0) is 18.2. The summed E-state index contributed by atoms with van der Waals surface area (Å²) >= 11 is 5.62. The van der Waals surface area contributed by atoms with Crippen molar-refractivity contribution in [2.75, 3.05) is 19.0 Å². The molecule has 130 valence electrons. The van der Waals surface area contributed by atoms with Crippen molar-refractivity contribution in [1.82, 2.24) is 0 Å². The molecule has 0 aromatic heterocycles. The second-order valence-electron chi connectivity index (χ2n) is 4.89. The number of anilines is 1. The lowest BCUT2D eigenvalue weighted by Crippen LogP contribution is -2.20. The van der Waals surface area contributed by atoms with Gasteiger partial charge in [-0.25, -0.2) is 9.18 Å². The van der Waals surface area contributed by atoms with Gasteiger partial charge in [-0.05, 0) is 42.0 Å². The Bertz CT molecular complexity index is 807. The van der Waals surface area contributed by atoms with Gasteiger partial charge in [0.1, 0.15) is 11.6 Å². The Morgan fingerprint density at radius 1 is 1.24 bits per heavy atom. The fourth-order valence-electron chi connectivity index (χ4n) is 1.87. The number of benzene rings is 2. The molecule has 7 heteroatoms. The van der Waals surface area contributed by atoms with Crippen LogP contribution in [-0.2, 0) is 14.3 Å². The predicted octanol–water partition coefficient (Wildman–Crippen LogP) is 3.68. The maximum Gasteiger partial charge on any atom is 0.331 e. The van der Waals surface area contributed by atoms with Gasteiger partial charge in [-0.1, -0.05) is 23.7 Å². The summed E-state index contributed by atoms with van der Waals surface area (Å²) in [5.41, 5.74) is 1.06. The number of esters is 1. The Hall–Kier alpha value is -2.86. The molecule has 0 radical (unpaired) electrons. The third-order valence-corrected chi connectivity index (χ3v) is 3.34. The van der Waals surface area contributed by atoms with Gasteiger partial charge in [0.05, 0.1) is 12.1 Å². The number of carbonyl (C=O) groups is 2. The number of ether oxygens (including phenoxy) is 2. The normalized spacial score (nSPS) is 10.5. The molecule has 0 fully saturated rings. The van der Waals surface area contributed by atoms with Crippen molar-refractivity contribution >= 4 is 35.2 Å². The predicted molar refractivity (Wildman–Crippen MR) is 93.0 cm³/mol. The van der Waals surface area contributed by atoms with Crippen molar-refractivity contribution in [1.29, 1.82) is 0 Å². The lowest BCUT2D eigenvalue weighted by molar-refractivity contribution is -0.142. The maximum atomic E-state index is 13.0. The van der Waals surface area contributed by atoms with Gasteiger partial charge in [0.15, 0.2) is 6.61 Å². The lowest BCUT2D eigenvalue weighted by atomic mass is 10.2. The van der Waals surface area contributed by atoms with E-state index in [0.29, 0.717) is 11.4 Å². The summed E-state index contributed by atoms with van der Waals surface area (Å²) in [6.07, 6.45) is 2.75. The molecule has 0 heterocycles. The maximum absolute atomic E-state index is 13.0. The number of nitrogens with one attached hydrogen (secondary N) is 1. The topological polar surface area (TPSA) is 64.6 Å². The molecule has 2 rings (SSSR count). The van der Waals surface area contributed by atoms with E-state index in [2.05, 4.69) is 5.32 Å². The fraction of sp³-hybridized carbons (Fsp3) is 0.111. The molecule has 1 N–H and O–H groups in total. The number of hydrogen-bond donors (Lipinski definition) is 1. The van der Waals surface area contributed by atoms with Gasteiger partial charge in [-0.2, -0.15) is 0 Å². The summed E-state index contributed by atoms with van der Waals surface area (Å²) in [7, 11) is 1.55. The molecule has 0 aliphatic rings. The highest BCUT2D eigenvalue weighted by Crippen LogP contribution is 2.19. The number of rotatable bonds is 6. The molecule has 25 heavy (non-hydrogen) atoms. The molecule has 0 aliphatic carbocycles. The van der Waals surface area contributed by atoms with E-state index < -0.39 is 24.3 Å². The van der Waals surface area contributed by atoms with E-state index in [1.54, 1.807) is 37.5 Å². The second-order valence-corrected chi connectivity index (χ2v) is 5.30. The van der Waals surface area contributed by atoms with E-state index >= 15 is 0 Å². The summed E-state index contributed by atoms with van der Waals surface area (Å²) in [6.45, 7) is -0.476. The van der Waals surface area contributed by atoms with Crippen LogP contribution in [0.25, 0.3) is 6.08 Å². The van der Waals surface area contributed by atoms with Gasteiger partial charge in [0, 0.05) is 11.8 Å². The van der Waals surface area contributed by atoms with E-state index in [9.17, 15) is 14.0 Å². The van der Waals surface area contributed by atoms with Crippen LogP contribution in [0.15, 0.2) is 48.5 Å². The first kappa shape index (κ1) is 18.5. The van der Waals surface area contributed by atoms with Crippen LogP contribution in [0.5, 0.6) is 5.75 Å². The minimum Gasteiger partial charge on any atom is -0.497 e. The van der Waals surface area contributed by atoms with Crippen LogP contribution in [0.1, 0.15) is 5.56 Å². The van der Waals surface area contributed by atoms with Crippen molar-refractivity contribution in [3.8, 4) is 5.75 Å². The first-order valence-electron chi connectivity index (χ1n) is 7.22. The van der Waals surface area contributed by atoms with E-state index in [0.717, 1.165) is 11.6 Å². The number of halogens is 2. The second kappa shape index (κ2) is 8.84. The zero-order valence-electron chi connectivity index (χ0n) is 13.3. The van der Waals surface area contributed by atoms with Crippen molar-refractivity contribution in [2.24, 2.45) is 0 Å². The number of methoxy groups -OCH3 is 1. The molecule has 2 aromatic carbocycles. The summed E-state index contributed by atoms with van der Waals surface area (Å²) in [6, 6.07) is 10.8. The Morgan fingerprint density at radius 3 is 2.76 bits per heavy atom. The largest absolute Gasteiger partial charge is 0.497 e. The lowest BCUT2D eigenvalue weighted by Gasteiger charge is -2.06. The summed E-state index contributed by atoms with van der Waals surface area (Å²) < 4.78 is 22.9. The molecule has 0 aliphatic heterocycles. The van der Waals surface area contributed by atoms with Crippen LogP contribution in [0, 0.1) is 5.82 Å². The van der Waals surface area contributed by atoms with Crippen molar-refractivity contribution in [3.63, 3.8) is 0 Å². The molecule has 0 unspecified atom stereocenters. The van der Waals surface area contributed by atoms with Crippen molar-refractivity contribution in [2.45, 2.75) is 0 Å². The van der Waals surface area contributed by atoms with Gasteiger partial charge in [-0.15, -0.1) is 0 Å². The van der Waals surface area contributed by atoms with E-state index in [1.807, 2.05) is 0 Å². The molecular formula is C18H15ClFNO4. The highest BCUT2D eigenvalue weighted by molar-refractivity contribution is 6.31. The van der Waals surface area contributed by atoms with Crippen molar-refractivity contribution in [3.05, 3.63) is 64.9 Å². The Morgan fingerprint density at radius 2 is 2.04 bits per heavy atom.